The van der Waals surface area contributed by atoms with Crippen LogP contribution >= 0.6 is 23.2 Å². The molecule has 1 aliphatic rings. The molecule has 4 nitrogen and oxygen atoms in total. The van der Waals surface area contributed by atoms with Gasteiger partial charge in [0.2, 0.25) is 0 Å². The van der Waals surface area contributed by atoms with Gasteiger partial charge < -0.3 is 9.47 Å². The van der Waals surface area contributed by atoms with Crippen LogP contribution in [0, 0.1) is 0 Å². The third kappa shape index (κ3) is 3.10. The van der Waals surface area contributed by atoms with Crippen molar-refractivity contribution in [3.05, 3.63) is 46.1 Å². The minimum Gasteiger partial charge on any atom is -0.467 e. The van der Waals surface area contributed by atoms with Gasteiger partial charge in [-0.1, -0.05) is 23.2 Å². The summed E-state index contributed by atoms with van der Waals surface area (Å²) in [6, 6.07) is 5.39. The van der Waals surface area contributed by atoms with Gasteiger partial charge in [-0.25, -0.2) is 0 Å². The maximum absolute atomic E-state index is 5.95. The summed E-state index contributed by atoms with van der Waals surface area (Å²) in [6.45, 7) is 0.157. The zero-order chi connectivity index (χ0) is 13.0. The van der Waals surface area contributed by atoms with Gasteiger partial charge in [0.15, 0.2) is 6.79 Å². The van der Waals surface area contributed by atoms with E-state index < -0.39 is 0 Å². The highest BCUT2D eigenvalue weighted by Gasteiger charge is 2.12. The Kier molecular flexibility index (Phi) is 4.36. The number of benzene rings is 1. The van der Waals surface area contributed by atoms with Crippen LogP contribution < -0.4 is 15.6 Å². The predicted octanol–water partition coefficient (Wildman–Crippen LogP) is 2.85. The molecule has 1 aliphatic heterocycles. The highest BCUT2D eigenvalue weighted by Crippen LogP contribution is 2.29. The molecule has 2 N–H and O–H groups in total. The summed E-state index contributed by atoms with van der Waals surface area (Å²) in [5.74, 6) is 0.635. The number of rotatable bonds is 4. The van der Waals surface area contributed by atoms with Gasteiger partial charge in [-0.15, -0.1) is 0 Å². The van der Waals surface area contributed by atoms with Gasteiger partial charge in [0, 0.05) is 17.7 Å². The SMILES string of the molecule is COCOc1cc(Cl)ccc1C1=CC=C(Cl)NN1. The molecular weight excluding hydrogens is 275 g/mol. The Bertz CT molecular complexity index is 501. The Labute approximate surface area is 115 Å². The number of nitrogens with one attached hydrogen (secondary N) is 2. The third-order valence-electron chi connectivity index (χ3n) is 2.28. The van der Waals surface area contributed by atoms with Crippen LogP contribution in [0.15, 0.2) is 35.5 Å². The molecule has 0 radical (unpaired) electrons. The average Bonchev–Trinajstić information content (AvgIpc) is 2.38. The third-order valence-corrected chi connectivity index (χ3v) is 2.73. The van der Waals surface area contributed by atoms with Gasteiger partial charge >= 0.3 is 0 Å². The van der Waals surface area contributed by atoms with Gasteiger partial charge in [0.05, 0.1) is 5.70 Å². The van der Waals surface area contributed by atoms with Crippen LogP contribution in [0.2, 0.25) is 5.02 Å². The van der Waals surface area contributed by atoms with Crippen LogP contribution in [0.1, 0.15) is 5.56 Å². The lowest BCUT2D eigenvalue weighted by molar-refractivity contribution is 0.0509. The number of hydrazine groups is 1. The van der Waals surface area contributed by atoms with Crippen molar-refractivity contribution in [1.29, 1.82) is 0 Å². The van der Waals surface area contributed by atoms with E-state index in [1.165, 1.54) is 0 Å². The summed E-state index contributed by atoms with van der Waals surface area (Å²) >= 11 is 11.7. The van der Waals surface area contributed by atoms with E-state index in [1.807, 2.05) is 12.1 Å². The summed E-state index contributed by atoms with van der Waals surface area (Å²) in [5, 5.41) is 1.12. The maximum Gasteiger partial charge on any atom is 0.188 e. The van der Waals surface area contributed by atoms with Crippen LogP contribution in [0.5, 0.6) is 5.75 Å². The lowest BCUT2D eigenvalue weighted by Crippen LogP contribution is -2.30. The molecule has 1 heterocycles. The summed E-state index contributed by atoms with van der Waals surface area (Å²) < 4.78 is 10.4. The predicted molar refractivity (Wildman–Crippen MR) is 72.1 cm³/mol. The van der Waals surface area contributed by atoms with E-state index in [-0.39, 0.29) is 6.79 Å². The molecule has 0 atom stereocenters. The monoisotopic (exact) mass is 286 g/mol. The Morgan fingerprint density at radius 3 is 2.67 bits per heavy atom. The molecule has 0 bridgehead atoms. The lowest BCUT2D eigenvalue weighted by Gasteiger charge is -2.19. The van der Waals surface area contributed by atoms with Gasteiger partial charge in [-0.2, -0.15) is 0 Å². The van der Waals surface area contributed by atoms with E-state index in [9.17, 15) is 0 Å². The lowest BCUT2D eigenvalue weighted by atomic mass is 10.1. The second-order valence-corrected chi connectivity index (χ2v) is 4.38. The van der Waals surface area contributed by atoms with Gasteiger partial charge in [0.25, 0.3) is 0 Å². The van der Waals surface area contributed by atoms with Gasteiger partial charge in [0.1, 0.15) is 10.9 Å². The molecule has 0 fully saturated rings. The van der Waals surface area contributed by atoms with E-state index in [0.717, 1.165) is 11.3 Å². The van der Waals surface area contributed by atoms with E-state index in [4.69, 9.17) is 32.7 Å². The second-order valence-electron chi connectivity index (χ2n) is 3.54. The summed E-state index contributed by atoms with van der Waals surface area (Å²) in [4.78, 5) is 0. The first-order chi connectivity index (χ1) is 8.70. The number of ether oxygens (including phenoxy) is 2. The van der Waals surface area contributed by atoms with Crippen LogP contribution in [0.3, 0.4) is 0 Å². The minimum absolute atomic E-state index is 0.157. The molecule has 0 saturated heterocycles. The zero-order valence-electron chi connectivity index (χ0n) is 9.67. The quantitative estimate of drug-likeness (QED) is 0.660. The Hall–Kier alpha value is -1.36. The second kappa shape index (κ2) is 6.00. The molecule has 18 heavy (non-hydrogen) atoms. The van der Waals surface area contributed by atoms with Gasteiger partial charge in [-0.05, 0) is 30.4 Å². The molecule has 1 aromatic carbocycles. The molecule has 96 valence electrons. The highest BCUT2D eigenvalue weighted by molar-refractivity contribution is 6.30. The molecule has 0 aliphatic carbocycles. The minimum atomic E-state index is 0.157. The molecule has 0 saturated carbocycles. The van der Waals surface area contributed by atoms with Gasteiger partial charge in [-0.3, -0.25) is 10.9 Å². The van der Waals surface area contributed by atoms with Crippen molar-refractivity contribution in [2.75, 3.05) is 13.9 Å². The number of hydrogen-bond acceptors (Lipinski definition) is 4. The van der Waals surface area contributed by atoms with Crippen molar-refractivity contribution in [3.8, 4) is 5.75 Å². The summed E-state index contributed by atoms with van der Waals surface area (Å²) in [7, 11) is 1.56. The summed E-state index contributed by atoms with van der Waals surface area (Å²) in [6.07, 6.45) is 3.60. The molecule has 0 unspecified atom stereocenters. The van der Waals surface area contributed by atoms with Crippen molar-refractivity contribution in [2.24, 2.45) is 0 Å². The Morgan fingerprint density at radius 2 is 2.00 bits per heavy atom. The van der Waals surface area contributed by atoms with E-state index >= 15 is 0 Å². The maximum atomic E-state index is 5.95. The molecule has 0 spiro atoms. The van der Waals surface area contributed by atoms with Crippen molar-refractivity contribution < 1.29 is 9.47 Å². The largest absolute Gasteiger partial charge is 0.467 e. The molecule has 6 heteroatoms. The van der Waals surface area contributed by atoms with Crippen LogP contribution in [-0.2, 0) is 4.74 Å². The fourth-order valence-electron chi connectivity index (χ4n) is 1.48. The van der Waals surface area contributed by atoms with E-state index in [2.05, 4.69) is 10.9 Å². The molecule has 1 aromatic rings. The molecule has 2 rings (SSSR count). The Morgan fingerprint density at radius 1 is 1.17 bits per heavy atom. The van der Waals surface area contributed by atoms with Crippen molar-refractivity contribution in [3.63, 3.8) is 0 Å². The van der Waals surface area contributed by atoms with E-state index in [0.29, 0.717) is 15.9 Å². The standard InChI is InChI=1S/C12H12Cl2N2O2/c1-17-7-18-11-6-8(13)2-3-9(11)10-4-5-12(14)16-15-10/h2-6,15-16H,7H2,1H3. The van der Waals surface area contributed by atoms with Crippen molar-refractivity contribution in [2.45, 2.75) is 0 Å². The van der Waals surface area contributed by atoms with Crippen LogP contribution in [-0.4, -0.2) is 13.9 Å². The van der Waals surface area contributed by atoms with E-state index in [1.54, 1.807) is 25.3 Å². The number of allylic oxidation sites excluding steroid dienone is 2. The normalized spacial score (nSPS) is 14.2. The number of methoxy groups -OCH3 is 1. The fourth-order valence-corrected chi connectivity index (χ4v) is 1.76. The highest BCUT2D eigenvalue weighted by atomic mass is 35.5. The number of halogens is 2. The topological polar surface area (TPSA) is 42.5 Å². The first-order valence-electron chi connectivity index (χ1n) is 5.22. The average molecular weight is 287 g/mol. The molecule has 0 aromatic heterocycles. The number of hydrogen-bond donors (Lipinski definition) is 2. The first-order valence-corrected chi connectivity index (χ1v) is 5.97. The van der Waals surface area contributed by atoms with Crippen molar-refractivity contribution in [1.82, 2.24) is 10.9 Å². The first kappa shape index (κ1) is 13.1. The molecule has 0 amide bonds. The van der Waals surface area contributed by atoms with Crippen LogP contribution in [0.4, 0.5) is 0 Å². The van der Waals surface area contributed by atoms with Crippen LogP contribution in [0.25, 0.3) is 5.70 Å². The zero-order valence-corrected chi connectivity index (χ0v) is 11.2. The summed E-state index contributed by atoms with van der Waals surface area (Å²) in [5.41, 5.74) is 7.49. The Balaban J connectivity index is 2.31. The van der Waals surface area contributed by atoms with Crippen molar-refractivity contribution >= 4 is 28.9 Å². The smallest absolute Gasteiger partial charge is 0.188 e. The fraction of sp³-hybridized carbons (Fsp3) is 0.167. The molecular formula is C12H12Cl2N2O2.